The Labute approximate surface area is 138 Å². The number of carboxylic acid groups (broad SMARTS) is 1. The van der Waals surface area contributed by atoms with Gasteiger partial charge >= 0.3 is 5.97 Å². The maximum Gasteiger partial charge on any atom is 0.308 e. The second-order valence-electron chi connectivity index (χ2n) is 7.07. The monoisotopic (exact) mass is 344 g/mol. The standard InChI is InChI=1S/C16H22F2N2O4/c17-14(18)11-7-19(8-12(11)16(23)24)15(22)9-5-13(21)20(6-9)10-3-1-2-4-10/h9-12,14H,1-8H2,(H,23,24)/t9?,11-,12-/m1/s1. The lowest BCUT2D eigenvalue weighted by molar-refractivity contribution is -0.144. The SMILES string of the molecule is O=C(O)[C@@H]1CN(C(=O)C2CC(=O)N(C3CCCC3)C2)C[C@H]1C(F)F. The molecule has 3 atom stereocenters. The van der Waals surface area contributed by atoms with Crippen molar-refractivity contribution < 1.29 is 28.3 Å². The lowest BCUT2D eigenvalue weighted by Gasteiger charge is -2.25. The fourth-order valence-electron chi connectivity index (χ4n) is 4.25. The van der Waals surface area contributed by atoms with Crippen LogP contribution in [0, 0.1) is 17.8 Å². The first-order valence-corrected chi connectivity index (χ1v) is 8.47. The number of halogens is 2. The van der Waals surface area contributed by atoms with Crippen molar-refractivity contribution in [1.29, 1.82) is 0 Å². The average Bonchev–Trinajstić information content (AvgIpc) is 3.25. The molecule has 3 rings (SSSR count). The minimum absolute atomic E-state index is 0.0559. The molecule has 1 saturated carbocycles. The summed E-state index contributed by atoms with van der Waals surface area (Å²) in [4.78, 5) is 38.9. The van der Waals surface area contributed by atoms with Crippen LogP contribution in [-0.4, -0.2) is 64.8 Å². The summed E-state index contributed by atoms with van der Waals surface area (Å²) in [7, 11) is 0. The molecule has 1 N–H and O–H groups in total. The Morgan fingerprint density at radius 3 is 2.33 bits per heavy atom. The number of hydrogen-bond donors (Lipinski definition) is 1. The van der Waals surface area contributed by atoms with Crippen LogP contribution in [0.2, 0.25) is 0 Å². The van der Waals surface area contributed by atoms with E-state index in [-0.39, 0.29) is 37.4 Å². The Hall–Kier alpha value is -1.73. The van der Waals surface area contributed by atoms with Gasteiger partial charge in [0.25, 0.3) is 0 Å². The Kier molecular flexibility index (Phi) is 4.73. The van der Waals surface area contributed by atoms with Gasteiger partial charge in [-0.1, -0.05) is 12.8 Å². The predicted molar refractivity (Wildman–Crippen MR) is 79.3 cm³/mol. The number of rotatable bonds is 4. The molecule has 3 fully saturated rings. The molecule has 1 aliphatic carbocycles. The average molecular weight is 344 g/mol. The van der Waals surface area contributed by atoms with E-state index in [0.29, 0.717) is 6.54 Å². The van der Waals surface area contributed by atoms with Crippen LogP contribution in [0.5, 0.6) is 0 Å². The summed E-state index contributed by atoms with van der Waals surface area (Å²) in [5.41, 5.74) is 0. The first kappa shape index (κ1) is 17.1. The minimum Gasteiger partial charge on any atom is -0.481 e. The van der Waals surface area contributed by atoms with Crippen LogP contribution in [0.4, 0.5) is 8.78 Å². The van der Waals surface area contributed by atoms with E-state index < -0.39 is 30.1 Å². The van der Waals surface area contributed by atoms with E-state index >= 15 is 0 Å². The topological polar surface area (TPSA) is 77.9 Å². The molecule has 1 unspecified atom stereocenters. The van der Waals surface area contributed by atoms with Gasteiger partial charge in [0, 0.05) is 32.1 Å². The van der Waals surface area contributed by atoms with Crippen molar-refractivity contribution in [2.24, 2.45) is 17.8 Å². The van der Waals surface area contributed by atoms with Gasteiger partial charge in [0.05, 0.1) is 17.8 Å². The molecule has 24 heavy (non-hydrogen) atoms. The Morgan fingerprint density at radius 1 is 1.12 bits per heavy atom. The fraction of sp³-hybridized carbons (Fsp3) is 0.812. The van der Waals surface area contributed by atoms with E-state index in [1.54, 1.807) is 4.90 Å². The van der Waals surface area contributed by atoms with Crippen LogP contribution >= 0.6 is 0 Å². The summed E-state index contributed by atoms with van der Waals surface area (Å²) >= 11 is 0. The quantitative estimate of drug-likeness (QED) is 0.831. The lowest BCUT2D eigenvalue weighted by atomic mass is 9.97. The third-order valence-corrected chi connectivity index (χ3v) is 5.59. The van der Waals surface area contributed by atoms with E-state index in [2.05, 4.69) is 0 Å². The van der Waals surface area contributed by atoms with Gasteiger partial charge in [-0.05, 0) is 12.8 Å². The van der Waals surface area contributed by atoms with Crippen LogP contribution in [-0.2, 0) is 14.4 Å². The Balaban J connectivity index is 1.64. The third kappa shape index (κ3) is 3.10. The van der Waals surface area contributed by atoms with Crippen LogP contribution in [0.25, 0.3) is 0 Å². The second-order valence-corrected chi connectivity index (χ2v) is 7.07. The zero-order valence-corrected chi connectivity index (χ0v) is 13.4. The summed E-state index contributed by atoms with van der Waals surface area (Å²) in [5, 5.41) is 9.09. The number of likely N-dealkylation sites (tertiary alicyclic amines) is 2. The molecular formula is C16H22F2N2O4. The molecule has 0 aromatic rings. The summed E-state index contributed by atoms with van der Waals surface area (Å²) in [6, 6.07) is 0.189. The number of carbonyl (C=O) groups is 3. The third-order valence-electron chi connectivity index (χ3n) is 5.59. The molecule has 0 bridgehead atoms. The molecule has 3 aliphatic rings. The van der Waals surface area contributed by atoms with Crippen molar-refractivity contribution >= 4 is 17.8 Å². The van der Waals surface area contributed by atoms with Gasteiger partial charge in [-0.2, -0.15) is 0 Å². The van der Waals surface area contributed by atoms with Crippen molar-refractivity contribution in [3.05, 3.63) is 0 Å². The number of alkyl halides is 2. The van der Waals surface area contributed by atoms with Crippen molar-refractivity contribution in [2.75, 3.05) is 19.6 Å². The molecule has 0 radical (unpaired) electrons. The minimum atomic E-state index is -2.77. The van der Waals surface area contributed by atoms with Crippen LogP contribution in [0.15, 0.2) is 0 Å². The molecule has 2 amide bonds. The fourth-order valence-corrected chi connectivity index (χ4v) is 4.25. The van der Waals surface area contributed by atoms with E-state index in [1.165, 1.54) is 4.90 Å². The van der Waals surface area contributed by atoms with Gasteiger partial charge < -0.3 is 14.9 Å². The largest absolute Gasteiger partial charge is 0.481 e. The predicted octanol–water partition coefficient (Wildman–Crippen LogP) is 1.20. The number of carboxylic acids is 1. The van der Waals surface area contributed by atoms with E-state index in [4.69, 9.17) is 5.11 Å². The summed E-state index contributed by atoms with van der Waals surface area (Å²) < 4.78 is 26.1. The highest BCUT2D eigenvalue weighted by atomic mass is 19.3. The van der Waals surface area contributed by atoms with Crippen molar-refractivity contribution in [3.63, 3.8) is 0 Å². The van der Waals surface area contributed by atoms with Crippen LogP contribution < -0.4 is 0 Å². The maximum absolute atomic E-state index is 13.0. The molecule has 0 aromatic carbocycles. The first-order chi connectivity index (χ1) is 11.4. The zero-order chi connectivity index (χ0) is 17.4. The highest BCUT2D eigenvalue weighted by Crippen LogP contribution is 2.33. The molecule has 2 saturated heterocycles. The smallest absolute Gasteiger partial charge is 0.308 e. The van der Waals surface area contributed by atoms with Crippen molar-refractivity contribution in [2.45, 2.75) is 44.6 Å². The van der Waals surface area contributed by atoms with Gasteiger partial charge in [0.1, 0.15) is 0 Å². The number of amides is 2. The van der Waals surface area contributed by atoms with E-state index in [1.807, 2.05) is 0 Å². The molecule has 6 nitrogen and oxygen atoms in total. The second kappa shape index (κ2) is 6.64. The molecule has 8 heteroatoms. The Morgan fingerprint density at radius 2 is 1.79 bits per heavy atom. The van der Waals surface area contributed by atoms with Gasteiger partial charge in [0.15, 0.2) is 0 Å². The summed E-state index contributed by atoms with van der Waals surface area (Å²) in [6.07, 6.45) is 1.38. The highest BCUT2D eigenvalue weighted by molar-refractivity contribution is 5.90. The van der Waals surface area contributed by atoms with Crippen molar-refractivity contribution in [1.82, 2.24) is 9.80 Å². The summed E-state index contributed by atoms with van der Waals surface area (Å²) in [5.74, 6) is -4.83. The maximum atomic E-state index is 13.0. The molecular weight excluding hydrogens is 322 g/mol. The number of carbonyl (C=O) groups excluding carboxylic acids is 2. The lowest BCUT2D eigenvalue weighted by Crippen LogP contribution is -2.38. The number of aliphatic carboxylic acids is 1. The molecule has 0 aromatic heterocycles. The van der Waals surface area contributed by atoms with Crippen LogP contribution in [0.1, 0.15) is 32.1 Å². The normalized spacial score (nSPS) is 31.5. The van der Waals surface area contributed by atoms with Crippen molar-refractivity contribution in [3.8, 4) is 0 Å². The van der Waals surface area contributed by atoms with Gasteiger partial charge in [-0.15, -0.1) is 0 Å². The van der Waals surface area contributed by atoms with Crippen LogP contribution in [0.3, 0.4) is 0 Å². The van der Waals surface area contributed by atoms with E-state index in [0.717, 1.165) is 25.7 Å². The zero-order valence-electron chi connectivity index (χ0n) is 13.4. The summed E-state index contributed by atoms with van der Waals surface area (Å²) in [6.45, 7) is -0.116. The van der Waals surface area contributed by atoms with Gasteiger partial charge in [-0.3, -0.25) is 14.4 Å². The number of nitrogens with zero attached hydrogens (tertiary/aromatic N) is 2. The molecule has 134 valence electrons. The molecule has 0 spiro atoms. The highest BCUT2D eigenvalue weighted by Gasteiger charge is 2.47. The van der Waals surface area contributed by atoms with Gasteiger partial charge in [0.2, 0.25) is 18.2 Å². The number of hydrogen-bond acceptors (Lipinski definition) is 3. The van der Waals surface area contributed by atoms with Gasteiger partial charge in [-0.25, -0.2) is 8.78 Å². The molecule has 2 aliphatic heterocycles. The van der Waals surface area contributed by atoms with E-state index in [9.17, 15) is 23.2 Å². The Bertz CT molecular complexity index is 536. The molecule has 2 heterocycles. The first-order valence-electron chi connectivity index (χ1n) is 8.47.